The van der Waals surface area contributed by atoms with E-state index in [1.165, 1.54) is 6.92 Å². The molecule has 0 bridgehead atoms. The van der Waals surface area contributed by atoms with E-state index in [9.17, 15) is 13.2 Å². The molecule has 19 heavy (non-hydrogen) atoms. The van der Waals surface area contributed by atoms with Crippen LogP contribution in [-0.2, 0) is 10.8 Å². The molecular weight excluding hydrogens is 269 g/mol. The second kappa shape index (κ2) is 6.09. The molecule has 0 aliphatic heterocycles. The molecule has 0 aliphatic rings. The van der Waals surface area contributed by atoms with E-state index in [4.69, 9.17) is 4.43 Å². The van der Waals surface area contributed by atoms with E-state index in [-0.39, 0.29) is 0 Å². The minimum absolute atomic E-state index is 0.297. The van der Waals surface area contributed by atoms with Gasteiger partial charge in [0.05, 0.1) is 12.0 Å². The van der Waals surface area contributed by atoms with Crippen LogP contribution >= 0.6 is 0 Å². The van der Waals surface area contributed by atoms with Crippen LogP contribution in [0.4, 0.5) is 13.2 Å². The molecule has 0 saturated heterocycles. The van der Waals surface area contributed by atoms with E-state index in [1.807, 2.05) is 50.0 Å². The van der Waals surface area contributed by atoms with Gasteiger partial charge in [0.2, 0.25) is 0 Å². The van der Waals surface area contributed by atoms with Gasteiger partial charge in [-0.1, -0.05) is 37.3 Å². The molecular formula is C14H21F3OSi. The van der Waals surface area contributed by atoms with Crippen LogP contribution in [0, 0.1) is 5.92 Å². The van der Waals surface area contributed by atoms with Crippen molar-refractivity contribution in [1.29, 1.82) is 0 Å². The van der Waals surface area contributed by atoms with Gasteiger partial charge in [0.25, 0.3) is 0 Å². The molecule has 108 valence electrons. The Hall–Kier alpha value is -0.813. The van der Waals surface area contributed by atoms with Crippen LogP contribution in [0.5, 0.6) is 0 Å². The van der Waals surface area contributed by atoms with Crippen molar-refractivity contribution >= 4 is 8.32 Å². The minimum Gasteiger partial charge on any atom is -0.414 e. The van der Waals surface area contributed by atoms with E-state index in [0.29, 0.717) is 6.42 Å². The summed E-state index contributed by atoms with van der Waals surface area (Å²) in [6.45, 7) is 6.93. The minimum atomic E-state index is -4.22. The Bertz CT molecular complexity index is 384. The lowest BCUT2D eigenvalue weighted by Crippen LogP contribution is -2.42. The van der Waals surface area contributed by atoms with Crippen LogP contribution in [0.15, 0.2) is 30.3 Å². The first-order chi connectivity index (χ1) is 8.59. The fourth-order valence-corrected chi connectivity index (χ4v) is 3.03. The van der Waals surface area contributed by atoms with E-state index in [2.05, 4.69) is 0 Å². The Morgan fingerprint density at radius 2 is 1.63 bits per heavy atom. The van der Waals surface area contributed by atoms with Crippen molar-refractivity contribution in [3.63, 3.8) is 0 Å². The van der Waals surface area contributed by atoms with Gasteiger partial charge in [-0.2, -0.15) is 13.2 Å². The molecule has 0 heterocycles. The van der Waals surface area contributed by atoms with Gasteiger partial charge in [0.1, 0.15) is 0 Å². The van der Waals surface area contributed by atoms with Gasteiger partial charge in [0.15, 0.2) is 8.32 Å². The van der Waals surface area contributed by atoms with Crippen LogP contribution in [0.3, 0.4) is 0 Å². The summed E-state index contributed by atoms with van der Waals surface area (Å²) in [5, 5.41) is 0. The second-order valence-electron chi connectivity index (χ2n) is 5.79. The third-order valence-corrected chi connectivity index (χ3v) is 3.87. The zero-order valence-corrected chi connectivity index (χ0v) is 12.8. The first kappa shape index (κ1) is 16.2. The summed E-state index contributed by atoms with van der Waals surface area (Å²) in [7, 11) is -2.02. The standard InChI is InChI=1S/C14H21F3OSi/c1-11(14(15,16)17)13(18-19(2,3)4)10-12-8-6-5-7-9-12/h5-9,11,13H,10H2,1-4H3. The molecule has 5 heteroatoms. The highest BCUT2D eigenvalue weighted by molar-refractivity contribution is 6.69. The zero-order chi connectivity index (χ0) is 14.7. The van der Waals surface area contributed by atoms with E-state index in [0.717, 1.165) is 5.56 Å². The Morgan fingerprint density at radius 3 is 2.05 bits per heavy atom. The molecule has 0 aliphatic carbocycles. The monoisotopic (exact) mass is 290 g/mol. The fourth-order valence-electron chi connectivity index (χ4n) is 1.83. The normalized spacial score (nSPS) is 16.2. The summed E-state index contributed by atoms with van der Waals surface area (Å²) >= 11 is 0. The number of hydrogen-bond acceptors (Lipinski definition) is 1. The molecule has 1 nitrogen and oxygen atoms in total. The van der Waals surface area contributed by atoms with Gasteiger partial charge in [-0.15, -0.1) is 0 Å². The summed E-state index contributed by atoms with van der Waals surface area (Å²) < 4.78 is 44.5. The molecule has 0 amide bonds. The van der Waals surface area contributed by atoms with Crippen molar-refractivity contribution in [2.75, 3.05) is 0 Å². The highest BCUT2D eigenvalue weighted by atomic mass is 28.4. The van der Waals surface area contributed by atoms with Crippen LogP contribution in [0.25, 0.3) is 0 Å². The van der Waals surface area contributed by atoms with Crippen molar-refractivity contribution in [2.24, 2.45) is 5.92 Å². The lowest BCUT2D eigenvalue weighted by molar-refractivity contribution is -0.191. The maximum Gasteiger partial charge on any atom is 0.393 e. The predicted molar refractivity (Wildman–Crippen MR) is 73.6 cm³/mol. The number of hydrogen-bond donors (Lipinski definition) is 0. The Morgan fingerprint density at radius 1 is 1.11 bits per heavy atom. The van der Waals surface area contributed by atoms with Crippen molar-refractivity contribution < 1.29 is 17.6 Å². The van der Waals surface area contributed by atoms with Crippen LogP contribution in [-0.4, -0.2) is 20.6 Å². The van der Waals surface area contributed by atoms with Crippen molar-refractivity contribution in [3.05, 3.63) is 35.9 Å². The first-order valence-corrected chi connectivity index (χ1v) is 9.79. The molecule has 2 atom stereocenters. The topological polar surface area (TPSA) is 9.23 Å². The molecule has 1 aromatic rings. The highest BCUT2D eigenvalue weighted by Gasteiger charge is 2.43. The van der Waals surface area contributed by atoms with Crippen molar-refractivity contribution in [2.45, 2.75) is 45.3 Å². The molecule has 0 fully saturated rings. The highest BCUT2D eigenvalue weighted by Crippen LogP contribution is 2.32. The Balaban J connectivity index is 2.87. The molecule has 0 N–H and O–H groups in total. The van der Waals surface area contributed by atoms with E-state index >= 15 is 0 Å². The molecule has 0 saturated carbocycles. The van der Waals surface area contributed by atoms with Gasteiger partial charge in [0, 0.05) is 0 Å². The van der Waals surface area contributed by atoms with E-state index in [1.54, 1.807) is 0 Å². The predicted octanol–water partition coefficient (Wildman–Crippen LogP) is 4.65. The van der Waals surface area contributed by atoms with Gasteiger partial charge < -0.3 is 4.43 Å². The number of alkyl halides is 3. The average Bonchev–Trinajstić information content (AvgIpc) is 2.25. The molecule has 0 spiro atoms. The second-order valence-corrected chi connectivity index (χ2v) is 10.2. The molecule has 1 rings (SSSR count). The summed E-state index contributed by atoms with van der Waals surface area (Å²) in [6.07, 6.45) is -4.74. The smallest absolute Gasteiger partial charge is 0.393 e. The summed E-state index contributed by atoms with van der Waals surface area (Å²) in [4.78, 5) is 0. The molecule has 1 aromatic carbocycles. The fraction of sp³-hybridized carbons (Fsp3) is 0.571. The number of rotatable bonds is 5. The van der Waals surface area contributed by atoms with Crippen molar-refractivity contribution in [1.82, 2.24) is 0 Å². The van der Waals surface area contributed by atoms with Gasteiger partial charge in [-0.25, -0.2) is 0 Å². The number of benzene rings is 1. The quantitative estimate of drug-likeness (QED) is 0.717. The van der Waals surface area contributed by atoms with Gasteiger partial charge in [-0.3, -0.25) is 0 Å². The lowest BCUT2D eigenvalue weighted by atomic mass is 9.97. The summed E-state index contributed by atoms with van der Waals surface area (Å²) in [5.41, 5.74) is 0.877. The third kappa shape index (κ3) is 5.78. The summed E-state index contributed by atoms with van der Waals surface area (Å²) in [6, 6.07) is 9.19. The van der Waals surface area contributed by atoms with Gasteiger partial charge in [-0.05, 0) is 31.6 Å². The largest absolute Gasteiger partial charge is 0.414 e. The van der Waals surface area contributed by atoms with E-state index < -0.39 is 26.5 Å². The van der Waals surface area contributed by atoms with Crippen molar-refractivity contribution in [3.8, 4) is 0 Å². The Kier molecular flexibility index (Phi) is 5.21. The summed E-state index contributed by atoms with van der Waals surface area (Å²) in [5.74, 6) is -1.46. The molecule has 0 radical (unpaired) electrons. The average molecular weight is 290 g/mol. The van der Waals surface area contributed by atoms with Crippen LogP contribution < -0.4 is 0 Å². The van der Waals surface area contributed by atoms with Crippen LogP contribution in [0.2, 0.25) is 19.6 Å². The molecule has 2 unspecified atom stereocenters. The van der Waals surface area contributed by atoms with Gasteiger partial charge >= 0.3 is 6.18 Å². The first-order valence-electron chi connectivity index (χ1n) is 6.38. The Labute approximate surface area is 113 Å². The van der Waals surface area contributed by atoms with Crippen LogP contribution in [0.1, 0.15) is 12.5 Å². The number of halogens is 3. The SMILES string of the molecule is CC(C(Cc1ccccc1)O[Si](C)(C)C)C(F)(F)F. The zero-order valence-electron chi connectivity index (χ0n) is 11.8. The third-order valence-electron chi connectivity index (χ3n) is 2.86. The lowest BCUT2D eigenvalue weighted by Gasteiger charge is -2.32. The maximum absolute atomic E-state index is 12.9. The molecule has 0 aromatic heterocycles. The maximum atomic E-state index is 12.9.